The molecular formula is C56H69NO5. The quantitative estimate of drug-likeness (QED) is 0.0648. The second-order valence-electron chi connectivity index (χ2n) is 19.5. The molecule has 0 unspecified atom stereocenters. The van der Waals surface area contributed by atoms with E-state index in [9.17, 15) is 24.9 Å². The molecule has 6 heteroatoms. The van der Waals surface area contributed by atoms with Crippen LogP contribution in [0.15, 0.2) is 90.5 Å². The number of unbranched alkanes of at least 4 members (excludes halogenated alkanes) is 4. The van der Waals surface area contributed by atoms with Gasteiger partial charge >= 0.3 is 5.97 Å². The van der Waals surface area contributed by atoms with Crippen LogP contribution in [0.5, 0.6) is 5.75 Å². The molecule has 5 aliphatic rings. The van der Waals surface area contributed by atoms with Gasteiger partial charge in [0.05, 0.1) is 5.92 Å². The summed E-state index contributed by atoms with van der Waals surface area (Å²) in [6, 6.07) is 21.2. The van der Waals surface area contributed by atoms with Crippen LogP contribution in [0.1, 0.15) is 137 Å². The first kappa shape index (κ1) is 43.9. The van der Waals surface area contributed by atoms with Gasteiger partial charge in [0.15, 0.2) is 0 Å². The molecule has 62 heavy (non-hydrogen) atoms. The summed E-state index contributed by atoms with van der Waals surface area (Å²) in [6.07, 6.45) is 30.5. The molecule has 9 atom stereocenters. The Hall–Kier alpha value is -4.68. The number of rotatable bonds is 16. The first-order valence-electron chi connectivity index (χ1n) is 24.1. The zero-order chi connectivity index (χ0) is 43.2. The van der Waals surface area contributed by atoms with Crippen LogP contribution in [-0.4, -0.2) is 34.1 Å². The number of allylic oxidation sites excluding steroid dienone is 4. The molecule has 1 saturated carbocycles. The summed E-state index contributed by atoms with van der Waals surface area (Å²) in [5, 5.41) is 36.2. The molecule has 0 amide bonds. The van der Waals surface area contributed by atoms with E-state index < -0.39 is 17.3 Å². The second kappa shape index (κ2) is 19.8. The van der Waals surface area contributed by atoms with Crippen LogP contribution in [0.3, 0.4) is 0 Å². The number of nitrogens with two attached hydrogens (primary N) is 1. The van der Waals surface area contributed by atoms with E-state index in [-0.39, 0.29) is 29.6 Å². The van der Waals surface area contributed by atoms with E-state index in [2.05, 4.69) is 79.8 Å². The van der Waals surface area contributed by atoms with Crippen molar-refractivity contribution in [2.24, 2.45) is 47.2 Å². The van der Waals surface area contributed by atoms with Gasteiger partial charge in [-0.3, -0.25) is 4.79 Å². The van der Waals surface area contributed by atoms with Crippen molar-refractivity contribution >= 4 is 30.2 Å². The highest BCUT2D eigenvalue weighted by Gasteiger charge is 2.56. The Bertz CT molecular complexity index is 2300. The van der Waals surface area contributed by atoms with Gasteiger partial charge in [-0.25, -0.2) is 0 Å². The van der Waals surface area contributed by atoms with Gasteiger partial charge < -0.3 is 25.8 Å². The maximum Gasteiger partial charge on any atom is 0.307 e. The van der Waals surface area contributed by atoms with Gasteiger partial charge in [0.2, 0.25) is 0 Å². The monoisotopic (exact) mass is 836 g/mol. The van der Waals surface area contributed by atoms with Crippen LogP contribution in [-0.2, 0) is 27.8 Å². The number of aromatic hydroxyl groups is 1. The summed E-state index contributed by atoms with van der Waals surface area (Å²) in [5.41, 5.74) is 12.2. The molecule has 0 saturated heterocycles. The van der Waals surface area contributed by atoms with Gasteiger partial charge in [-0.15, -0.1) is 0 Å². The largest absolute Gasteiger partial charge is 0.511 e. The number of aliphatic hydroxyl groups excluding tert-OH is 1. The molecule has 3 aromatic rings. The maximum atomic E-state index is 13.7. The van der Waals surface area contributed by atoms with Gasteiger partial charge in [-0.1, -0.05) is 136 Å². The number of carbonyl (C=O) groups excluding carboxylic acids is 1. The standard InChI is InChI=1S/C56H69NO5/c1-2-3-5-15-44-32-43(24-26-53(44)59)49-30-38-20-21-40-23-25-47-34-46-33-42-14-8-10-17-48(42)54(60)50(46)35-56(47,52(40)31-38)51(55(61)62)18-11-9-13-39(49)12-6-4-7-16-45(36-58)41-22-19-37(29-41)27-28-57/h8-11,14,17,20-21,23-26,29,31-33,36,39,41,45-47,49-51,59-60H,2-7,12-13,15-16,18-19,22,27-28,30,34-35,57H2,1H3,(H,61,62)/t39-,41-,45-,46-,47+,49+,50-,51+,56-/m1/s1. The fourth-order valence-electron chi connectivity index (χ4n) is 12.6. The third-order valence-electron chi connectivity index (χ3n) is 15.9. The van der Waals surface area contributed by atoms with Gasteiger partial charge in [0, 0.05) is 22.5 Å². The number of phenols is 1. The minimum atomic E-state index is -0.770. The lowest BCUT2D eigenvalue weighted by Crippen LogP contribution is -2.54. The molecule has 2 bridgehead atoms. The van der Waals surface area contributed by atoms with Crippen LogP contribution in [0.25, 0.3) is 17.9 Å². The Morgan fingerprint density at radius 1 is 0.935 bits per heavy atom. The molecule has 0 aromatic heterocycles. The average Bonchev–Trinajstić information content (AvgIpc) is 3.74. The average molecular weight is 836 g/mol. The van der Waals surface area contributed by atoms with Crippen molar-refractivity contribution in [1.82, 2.24) is 0 Å². The zero-order valence-corrected chi connectivity index (χ0v) is 36.9. The van der Waals surface area contributed by atoms with E-state index in [4.69, 9.17) is 5.73 Å². The van der Waals surface area contributed by atoms with Crippen LogP contribution in [0.4, 0.5) is 0 Å². The first-order chi connectivity index (χ1) is 30.2. The number of aliphatic hydroxyl groups is 1. The summed E-state index contributed by atoms with van der Waals surface area (Å²) in [5.74, 6) is 0.230. The molecule has 0 radical (unpaired) electrons. The topological polar surface area (TPSA) is 121 Å². The fourth-order valence-corrected chi connectivity index (χ4v) is 12.6. The summed E-state index contributed by atoms with van der Waals surface area (Å²) >= 11 is 0. The molecule has 1 spiro atoms. The van der Waals surface area contributed by atoms with Gasteiger partial charge in [-0.05, 0) is 152 Å². The Kier molecular flexibility index (Phi) is 14.0. The van der Waals surface area contributed by atoms with E-state index in [1.54, 1.807) is 0 Å². The number of hydrogen-bond acceptors (Lipinski definition) is 5. The number of phenolic OH excluding ortho intramolecular Hbond substituents is 1. The minimum absolute atomic E-state index is 0.0149. The smallest absolute Gasteiger partial charge is 0.307 e. The van der Waals surface area contributed by atoms with Gasteiger partial charge in [0.1, 0.15) is 17.8 Å². The van der Waals surface area contributed by atoms with E-state index in [0.717, 1.165) is 123 Å². The lowest BCUT2D eigenvalue weighted by Gasteiger charge is -2.54. The van der Waals surface area contributed by atoms with Crippen molar-refractivity contribution in [1.29, 1.82) is 0 Å². The van der Waals surface area contributed by atoms with Gasteiger partial charge in [0.25, 0.3) is 0 Å². The van der Waals surface area contributed by atoms with Crippen LogP contribution >= 0.6 is 0 Å². The first-order valence-corrected chi connectivity index (χ1v) is 24.1. The highest BCUT2D eigenvalue weighted by Crippen LogP contribution is 2.59. The van der Waals surface area contributed by atoms with E-state index in [1.165, 1.54) is 23.0 Å². The lowest BCUT2D eigenvalue weighted by molar-refractivity contribution is -0.146. The number of benzene rings is 3. The predicted octanol–water partition coefficient (Wildman–Crippen LogP) is 10.6. The maximum absolute atomic E-state index is 13.7. The van der Waals surface area contributed by atoms with Crippen molar-refractivity contribution in [3.63, 3.8) is 0 Å². The molecule has 1 fully saturated rings. The molecule has 0 heterocycles. The highest BCUT2D eigenvalue weighted by atomic mass is 16.4. The van der Waals surface area contributed by atoms with Crippen molar-refractivity contribution in [3.05, 3.63) is 129 Å². The number of carboxylic acid groups (broad SMARTS) is 1. The number of fused-ring (bicyclic) bond motifs is 3. The molecule has 328 valence electrons. The fraction of sp³-hybridized carbons (Fsp3) is 0.500. The summed E-state index contributed by atoms with van der Waals surface area (Å²) in [7, 11) is 0. The minimum Gasteiger partial charge on any atom is -0.511 e. The zero-order valence-electron chi connectivity index (χ0n) is 36.9. The molecule has 6 nitrogen and oxygen atoms in total. The van der Waals surface area contributed by atoms with E-state index in [1.807, 2.05) is 24.3 Å². The summed E-state index contributed by atoms with van der Waals surface area (Å²) in [4.78, 5) is 26.0. The van der Waals surface area contributed by atoms with Gasteiger partial charge in [-0.2, -0.15) is 0 Å². The van der Waals surface area contributed by atoms with Crippen LogP contribution < -0.4 is 16.2 Å². The molecule has 8 rings (SSSR count). The number of hydrogen-bond donors (Lipinski definition) is 4. The number of aldehydes is 1. The predicted molar refractivity (Wildman–Crippen MR) is 251 cm³/mol. The Morgan fingerprint density at radius 2 is 1.79 bits per heavy atom. The van der Waals surface area contributed by atoms with Crippen molar-refractivity contribution in [2.45, 2.75) is 127 Å². The van der Waals surface area contributed by atoms with Crippen molar-refractivity contribution in [2.75, 3.05) is 6.54 Å². The highest BCUT2D eigenvalue weighted by molar-refractivity contribution is 5.76. The normalized spacial score (nSPS) is 28.0. The Labute approximate surface area is 369 Å². The number of carbonyl (C=O) groups is 2. The molecule has 3 aromatic carbocycles. The van der Waals surface area contributed by atoms with Crippen LogP contribution in [0, 0.1) is 41.4 Å². The third-order valence-corrected chi connectivity index (χ3v) is 15.9. The third kappa shape index (κ3) is 9.05. The van der Waals surface area contributed by atoms with E-state index >= 15 is 0 Å². The van der Waals surface area contributed by atoms with Crippen molar-refractivity contribution < 1.29 is 24.9 Å². The Balaban J connectivity index is 1.12. The molecular weight excluding hydrogens is 767 g/mol. The second-order valence-corrected chi connectivity index (χ2v) is 19.5. The SMILES string of the molecule is CCCCCc1cc([C@H]2Cc3ccc4c(c3)[C@@]3(C[C@H]5C(O)=c6ccccc6=C[C@@H]5C[C@@H]3C=C4)[C@H](C(=O)O)CC=CC[C@H]2CCCCC[C@H](C=O)[C@H]2C=C(CCN)CC2)ccc1O. The van der Waals surface area contributed by atoms with Crippen molar-refractivity contribution in [3.8, 4) is 5.75 Å². The molecule has 0 aliphatic heterocycles. The number of aliphatic carboxylic acids is 1. The summed E-state index contributed by atoms with van der Waals surface area (Å²) in [6.45, 7) is 2.87. The number of aryl methyl sites for hydroxylation is 1. The summed E-state index contributed by atoms with van der Waals surface area (Å²) < 4.78 is 0. The van der Waals surface area contributed by atoms with E-state index in [0.29, 0.717) is 42.7 Å². The molecule has 5 N–H and O–H groups in total. The Morgan fingerprint density at radius 3 is 2.61 bits per heavy atom. The number of carboxylic acids is 1. The van der Waals surface area contributed by atoms with Crippen LogP contribution in [0.2, 0.25) is 0 Å². The molecule has 5 aliphatic carbocycles. The lowest BCUT2D eigenvalue weighted by atomic mass is 9.49.